The quantitative estimate of drug-likeness (QED) is 0.416. The summed E-state index contributed by atoms with van der Waals surface area (Å²) in [6, 6.07) is 2.00. The summed E-state index contributed by atoms with van der Waals surface area (Å²) in [5, 5.41) is 6.71. The Hall–Kier alpha value is 0.846. The van der Waals surface area contributed by atoms with E-state index in [0.717, 1.165) is 11.4 Å². The van der Waals surface area contributed by atoms with Crippen molar-refractivity contribution < 1.29 is 52.8 Å². The average Bonchev–Trinajstić information content (AvgIpc) is 1.87. The van der Waals surface area contributed by atoms with Crippen LogP contribution in [0.15, 0.2) is 6.07 Å². The molecule has 0 bridgehead atoms. The van der Waals surface area contributed by atoms with Crippen molar-refractivity contribution >= 4 is 0 Å². The van der Waals surface area contributed by atoms with E-state index in [1.807, 2.05) is 19.9 Å². The van der Waals surface area contributed by atoms with Gasteiger partial charge < -0.3 is 1.43 Å². The van der Waals surface area contributed by atoms with Crippen molar-refractivity contribution in [1.29, 1.82) is 0 Å². The molecule has 2 nitrogen and oxygen atoms in total. The van der Waals surface area contributed by atoms with Crippen molar-refractivity contribution in [2.75, 3.05) is 0 Å². The Balaban J connectivity index is 0. The fourth-order valence-corrected chi connectivity index (χ4v) is 0.554. The maximum atomic E-state index is 3.89. The van der Waals surface area contributed by atoms with Crippen molar-refractivity contribution in [3.05, 3.63) is 17.5 Å². The van der Waals surface area contributed by atoms with Crippen LogP contribution in [-0.2, 0) is 0 Å². The van der Waals surface area contributed by atoms with Gasteiger partial charge in [0.1, 0.15) is 0 Å². The first-order valence-corrected chi connectivity index (χ1v) is 2.27. The number of hydrogen-bond donors (Lipinski definition) is 1. The Morgan fingerprint density at radius 2 is 2.25 bits per heavy atom. The molecule has 0 aliphatic rings. The summed E-state index contributed by atoms with van der Waals surface area (Å²) in [6.45, 7) is 3.95. The van der Waals surface area contributed by atoms with Gasteiger partial charge in [0.05, 0.1) is 5.69 Å². The van der Waals surface area contributed by atoms with Crippen molar-refractivity contribution in [3.63, 3.8) is 0 Å². The zero-order valence-electron chi connectivity index (χ0n) is 6.52. The van der Waals surface area contributed by atoms with Crippen LogP contribution < -0.4 is 51.4 Å². The molecule has 40 valence electrons. The van der Waals surface area contributed by atoms with Crippen LogP contribution in [-0.4, -0.2) is 10.2 Å². The molecule has 1 rings (SSSR count). The Morgan fingerprint density at radius 3 is 2.38 bits per heavy atom. The van der Waals surface area contributed by atoms with E-state index < -0.39 is 0 Å². The molecule has 0 atom stereocenters. The first-order chi connectivity index (χ1) is 3.29. The molecule has 0 spiro atoms. The Bertz CT molecular complexity index is 147. The first kappa shape index (κ1) is 8.85. The summed E-state index contributed by atoms with van der Waals surface area (Å²) in [4.78, 5) is 0. The number of aromatic amines is 1. The predicted molar refractivity (Wildman–Crippen MR) is 29.2 cm³/mol. The number of nitrogens with one attached hydrogen (secondary N) is 1. The molecular weight excluding hydrogens is 127 g/mol. The van der Waals surface area contributed by atoms with Crippen molar-refractivity contribution in [3.8, 4) is 0 Å². The van der Waals surface area contributed by atoms with Gasteiger partial charge in [-0.05, 0) is 19.9 Å². The Kier molecular flexibility index (Phi) is 4.19. The molecule has 1 aromatic rings. The van der Waals surface area contributed by atoms with Crippen LogP contribution in [0.25, 0.3) is 0 Å². The number of H-pyrrole nitrogens is 1. The van der Waals surface area contributed by atoms with Gasteiger partial charge in [0, 0.05) is 5.69 Å². The van der Waals surface area contributed by atoms with E-state index in [-0.39, 0.29) is 52.8 Å². The maximum Gasteiger partial charge on any atom is 1.00 e. The van der Waals surface area contributed by atoms with Gasteiger partial charge in [-0.3, -0.25) is 5.10 Å². The monoisotopic (exact) mass is 136 g/mol. The third-order valence-electron chi connectivity index (χ3n) is 0.834. The molecule has 0 unspecified atom stereocenters. The number of hydrogen-bond acceptors (Lipinski definition) is 1. The second-order valence-electron chi connectivity index (χ2n) is 1.69. The summed E-state index contributed by atoms with van der Waals surface area (Å²) in [5.41, 5.74) is 2.18. The normalized spacial score (nSPS) is 8.25. The molecule has 0 amide bonds. The largest absolute Gasteiger partial charge is 1.00 e. The van der Waals surface area contributed by atoms with Crippen LogP contribution >= 0.6 is 0 Å². The minimum atomic E-state index is 0. The van der Waals surface area contributed by atoms with Crippen molar-refractivity contribution in [2.24, 2.45) is 0 Å². The van der Waals surface area contributed by atoms with Crippen LogP contribution in [0.1, 0.15) is 12.8 Å². The van der Waals surface area contributed by atoms with Gasteiger partial charge in [0.25, 0.3) is 0 Å². The Morgan fingerprint density at radius 1 is 1.62 bits per heavy atom. The maximum absolute atomic E-state index is 3.89. The molecular formula is C5H9KN2. The zero-order chi connectivity index (χ0) is 5.28. The van der Waals surface area contributed by atoms with Crippen LogP contribution in [0.2, 0.25) is 0 Å². The summed E-state index contributed by atoms with van der Waals surface area (Å²) in [5.74, 6) is 0. The summed E-state index contributed by atoms with van der Waals surface area (Å²) < 4.78 is 0. The van der Waals surface area contributed by atoms with Crippen LogP contribution in [0.5, 0.6) is 0 Å². The topological polar surface area (TPSA) is 28.7 Å². The summed E-state index contributed by atoms with van der Waals surface area (Å²) in [7, 11) is 0. The molecule has 3 heteroatoms. The molecule has 0 aromatic carbocycles. The molecule has 1 N–H and O–H groups in total. The molecule has 0 aliphatic heterocycles. The second kappa shape index (κ2) is 3.79. The summed E-state index contributed by atoms with van der Waals surface area (Å²) in [6.07, 6.45) is 0. The molecule has 8 heavy (non-hydrogen) atoms. The van der Waals surface area contributed by atoms with E-state index in [9.17, 15) is 0 Å². The standard InChI is InChI=1S/C5H8N2.K.H/c1-4-3-5(2)7-6-4;;/h3H,1-2H3,(H,6,7);;/q;+1;-1. The van der Waals surface area contributed by atoms with Gasteiger partial charge in [-0.1, -0.05) is 0 Å². The molecule has 0 aliphatic carbocycles. The van der Waals surface area contributed by atoms with E-state index >= 15 is 0 Å². The fourth-order valence-electron chi connectivity index (χ4n) is 0.554. The third kappa shape index (κ3) is 2.41. The van der Waals surface area contributed by atoms with E-state index in [1.165, 1.54) is 0 Å². The predicted octanol–water partition coefficient (Wildman–Crippen LogP) is -1.86. The number of aryl methyl sites for hydroxylation is 2. The van der Waals surface area contributed by atoms with Gasteiger partial charge in [-0.2, -0.15) is 5.10 Å². The minimum Gasteiger partial charge on any atom is -1.00 e. The fraction of sp³-hybridized carbons (Fsp3) is 0.400. The average molecular weight is 136 g/mol. The van der Waals surface area contributed by atoms with Crippen LogP contribution in [0.4, 0.5) is 0 Å². The molecule has 1 aromatic heterocycles. The molecule has 0 radical (unpaired) electrons. The van der Waals surface area contributed by atoms with E-state index in [2.05, 4.69) is 10.2 Å². The van der Waals surface area contributed by atoms with Gasteiger partial charge in [-0.25, -0.2) is 0 Å². The summed E-state index contributed by atoms with van der Waals surface area (Å²) >= 11 is 0. The second-order valence-corrected chi connectivity index (χ2v) is 1.69. The number of rotatable bonds is 0. The molecule has 0 saturated heterocycles. The van der Waals surface area contributed by atoms with Gasteiger partial charge in [0.2, 0.25) is 0 Å². The van der Waals surface area contributed by atoms with Crippen LogP contribution in [0, 0.1) is 13.8 Å². The van der Waals surface area contributed by atoms with Crippen LogP contribution in [0.3, 0.4) is 0 Å². The SMILES string of the molecule is Cc1cc(C)[nH]n1.[H-].[K+]. The van der Waals surface area contributed by atoms with Gasteiger partial charge in [0.15, 0.2) is 0 Å². The third-order valence-corrected chi connectivity index (χ3v) is 0.834. The van der Waals surface area contributed by atoms with Crippen molar-refractivity contribution in [2.45, 2.75) is 13.8 Å². The molecule has 1 heterocycles. The zero-order valence-corrected chi connectivity index (χ0v) is 8.65. The van der Waals surface area contributed by atoms with E-state index in [1.54, 1.807) is 0 Å². The minimum absolute atomic E-state index is 0. The molecule has 0 fully saturated rings. The number of aromatic nitrogens is 2. The Labute approximate surface area is 93.0 Å². The first-order valence-electron chi connectivity index (χ1n) is 2.27. The van der Waals surface area contributed by atoms with Gasteiger partial charge in [-0.15, -0.1) is 0 Å². The van der Waals surface area contributed by atoms with E-state index in [0.29, 0.717) is 0 Å². The van der Waals surface area contributed by atoms with Gasteiger partial charge >= 0.3 is 51.4 Å². The van der Waals surface area contributed by atoms with Crippen molar-refractivity contribution in [1.82, 2.24) is 10.2 Å². The smallest absolute Gasteiger partial charge is 1.00 e. The molecule has 0 saturated carbocycles. The van der Waals surface area contributed by atoms with E-state index in [4.69, 9.17) is 0 Å². The number of nitrogens with zero attached hydrogens (tertiary/aromatic N) is 1.